The standard InChI is InChI=1S/C20H18F2N4O2/c1-26-12-16(18(25-26)19(21)22)20(27)24-17-6-4-3-5-15(17)14-9-7-13(8-10-14)11-23-28-2/h3-12,19H,1-2H3,(H,24,27)/b23-11+. The Morgan fingerprint density at radius 2 is 1.93 bits per heavy atom. The van der Waals surface area contributed by atoms with E-state index < -0.39 is 18.0 Å². The monoisotopic (exact) mass is 384 g/mol. The first-order chi connectivity index (χ1) is 13.5. The van der Waals surface area contributed by atoms with Gasteiger partial charge in [-0.05, 0) is 17.2 Å². The summed E-state index contributed by atoms with van der Waals surface area (Å²) in [4.78, 5) is 17.2. The number of alkyl halides is 2. The molecule has 0 aliphatic rings. The van der Waals surface area contributed by atoms with Gasteiger partial charge in [0.15, 0.2) is 0 Å². The normalized spacial score (nSPS) is 11.2. The molecule has 0 saturated heterocycles. The number of benzene rings is 2. The number of para-hydroxylation sites is 1. The van der Waals surface area contributed by atoms with Gasteiger partial charge in [-0.3, -0.25) is 9.48 Å². The quantitative estimate of drug-likeness (QED) is 0.510. The Morgan fingerprint density at radius 1 is 1.21 bits per heavy atom. The van der Waals surface area contributed by atoms with Gasteiger partial charge in [0.1, 0.15) is 12.8 Å². The van der Waals surface area contributed by atoms with E-state index in [1.165, 1.54) is 25.0 Å². The Labute approximate surface area is 160 Å². The van der Waals surface area contributed by atoms with E-state index in [-0.39, 0.29) is 5.56 Å². The number of hydrogen-bond acceptors (Lipinski definition) is 4. The highest BCUT2D eigenvalue weighted by Crippen LogP contribution is 2.29. The molecule has 1 amide bonds. The number of anilines is 1. The van der Waals surface area contributed by atoms with Crippen molar-refractivity contribution in [2.45, 2.75) is 6.43 Å². The number of hydrogen-bond donors (Lipinski definition) is 1. The first-order valence-corrected chi connectivity index (χ1v) is 8.38. The Morgan fingerprint density at radius 3 is 2.61 bits per heavy atom. The summed E-state index contributed by atoms with van der Waals surface area (Å²) >= 11 is 0. The molecule has 8 heteroatoms. The molecular weight excluding hydrogens is 366 g/mol. The van der Waals surface area contributed by atoms with Crippen molar-refractivity contribution >= 4 is 17.8 Å². The van der Waals surface area contributed by atoms with Gasteiger partial charge in [-0.1, -0.05) is 47.6 Å². The van der Waals surface area contributed by atoms with Crippen LogP contribution in [0.25, 0.3) is 11.1 Å². The Kier molecular flexibility index (Phi) is 5.78. The average Bonchev–Trinajstić information content (AvgIpc) is 3.09. The first kappa shape index (κ1) is 19.2. The van der Waals surface area contributed by atoms with Crippen LogP contribution in [-0.2, 0) is 11.9 Å². The lowest BCUT2D eigenvalue weighted by atomic mass is 10.0. The molecule has 0 atom stereocenters. The summed E-state index contributed by atoms with van der Waals surface area (Å²) in [6, 6.07) is 14.6. The van der Waals surface area contributed by atoms with Gasteiger partial charge in [0.05, 0.1) is 11.8 Å². The summed E-state index contributed by atoms with van der Waals surface area (Å²) in [7, 11) is 2.95. The number of nitrogens with zero attached hydrogens (tertiary/aromatic N) is 3. The number of halogens is 2. The second-order valence-electron chi connectivity index (χ2n) is 5.94. The Balaban J connectivity index is 1.89. The van der Waals surface area contributed by atoms with Gasteiger partial charge in [-0.25, -0.2) is 8.78 Å². The minimum atomic E-state index is -2.83. The predicted molar refractivity (Wildman–Crippen MR) is 103 cm³/mol. The van der Waals surface area contributed by atoms with Crippen LogP contribution in [0.3, 0.4) is 0 Å². The fourth-order valence-corrected chi connectivity index (χ4v) is 2.74. The summed E-state index contributed by atoms with van der Waals surface area (Å²) in [5.41, 5.74) is 2.27. The molecule has 2 aromatic carbocycles. The summed E-state index contributed by atoms with van der Waals surface area (Å²) < 4.78 is 27.5. The van der Waals surface area contributed by atoms with E-state index in [0.717, 1.165) is 16.7 Å². The highest BCUT2D eigenvalue weighted by molar-refractivity contribution is 6.07. The Bertz CT molecular complexity index is 998. The predicted octanol–water partition coefficient (Wildman–Crippen LogP) is 4.26. The Hall–Kier alpha value is -3.55. The van der Waals surface area contributed by atoms with Crippen LogP contribution < -0.4 is 5.32 Å². The van der Waals surface area contributed by atoms with Crippen LogP contribution >= 0.6 is 0 Å². The molecule has 28 heavy (non-hydrogen) atoms. The lowest BCUT2D eigenvalue weighted by Crippen LogP contribution is -2.14. The van der Waals surface area contributed by atoms with Gasteiger partial charge in [0.25, 0.3) is 12.3 Å². The molecule has 6 nitrogen and oxygen atoms in total. The second-order valence-corrected chi connectivity index (χ2v) is 5.94. The number of carbonyl (C=O) groups is 1. The molecule has 1 heterocycles. The van der Waals surface area contributed by atoms with Crippen LogP contribution in [-0.4, -0.2) is 29.0 Å². The van der Waals surface area contributed by atoms with Crippen molar-refractivity contribution in [1.82, 2.24) is 9.78 Å². The van der Waals surface area contributed by atoms with Crippen molar-refractivity contribution < 1.29 is 18.4 Å². The van der Waals surface area contributed by atoms with E-state index in [1.54, 1.807) is 18.3 Å². The van der Waals surface area contributed by atoms with Crippen LogP contribution in [0.15, 0.2) is 59.9 Å². The smallest absolute Gasteiger partial charge is 0.282 e. The van der Waals surface area contributed by atoms with Crippen molar-refractivity contribution in [3.63, 3.8) is 0 Å². The second kappa shape index (κ2) is 8.43. The molecule has 0 aliphatic carbocycles. The van der Waals surface area contributed by atoms with Gasteiger partial charge in [-0.2, -0.15) is 5.10 Å². The fourth-order valence-electron chi connectivity index (χ4n) is 2.74. The minimum Gasteiger partial charge on any atom is -0.399 e. The molecule has 0 fully saturated rings. The zero-order valence-corrected chi connectivity index (χ0v) is 15.3. The SMILES string of the molecule is CO/N=C/c1ccc(-c2ccccc2NC(=O)c2cn(C)nc2C(F)F)cc1. The summed E-state index contributed by atoms with van der Waals surface area (Å²) in [6.07, 6.45) is 0.0215. The summed E-state index contributed by atoms with van der Waals surface area (Å²) in [5, 5.41) is 10.1. The number of amides is 1. The molecule has 3 aromatic rings. The van der Waals surface area contributed by atoms with E-state index in [2.05, 4.69) is 20.4 Å². The van der Waals surface area contributed by atoms with E-state index in [9.17, 15) is 13.6 Å². The third-order valence-electron chi connectivity index (χ3n) is 4.01. The van der Waals surface area contributed by atoms with Gasteiger partial charge in [-0.15, -0.1) is 0 Å². The summed E-state index contributed by atoms with van der Waals surface area (Å²) in [6.45, 7) is 0. The van der Waals surface area contributed by atoms with Crippen LogP contribution in [0.4, 0.5) is 14.5 Å². The number of oxime groups is 1. The summed E-state index contributed by atoms with van der Waals surface area (Å²) in [5.74, 6) is -0.639. The number of aromatic nitrogens is 2. The fraction of sp³-hybridized carbons (Fsp3) is 0.150. The molecule has 144 valence electrons. The van der Waals surface area contributed by atoms with Crippen LogP contribution in [0.2, 0.25) is 0 Å². The molecule has 1 aromatic heterocycles. The van der Waals surface area contributed by atoms with Crippen molar-refractivity contribution in [2.24, 2.45) is 12.2 Å². The molecular formula is C20H18F2N4O2. The van der Waals surface area contributed by atoms with Crippen molar-refractivity contribution in [2.75, 3.05) is 12.4 Å². The van der Waals surface area contributed by atoms with Crippen LogP contribution in [0.1, 0.15) is 28.0 Å². The van der Waals surface area contributed by atoms with Crippen LogP contribution in [0, 0.1) is 0 Å². The molecule has 3 rings (SSSR count). The highest BCUT2D eigenvalue weighted by atomic mass is 19.3. The van der Waals surface area contributed by atoms with Crippen molar-refractivity contribution in [3.05, 3.63) is 71.5 Å². The number of aryl methyl sites for hydroxylation is 1. The van der Waals surface area contributed by atoms with E-state index in [1.807, 2.05) is 36.4 Å². The van der Waals surface area contributed by atoms with Gasteiger partial charge in [0.2, 0.25) is 0 Å². The molecule has 0 saturated carbocycles. The molecule has 0 spiro atoms. The zero-order chi connectivity index (χ0) is 20.1. The van der Waals surface area contributed by atoms with Crippen LogP contribution in [0.5, 0.6) is 0 Å². The first-order valence-electron chi connectivity index (χ1n) is 8.38. The van der Waals surface area contributed by atoms with Gasteiger partial charge in [0, 0.05) is 24.5 Å². The van der Waals surface area contributed by atoms with Gasteiger partial charge < -0.3 is 10.2 Å². The maximum absolute atomic E-state index is 13.1. The average molecular weight is 384 g/mol. The topological polar surface area (TPSA) is 68.5 Å². The maximum Gasteiger partial charge on any atom is 0.282 e. The zero-order valence-electron chi connectivity index (χ0n) is 15.3. The molecule has 0 unspecified atom stereocenters. The maximum atomic E-state index is 13.1. The van der Waals surface area contributed by atoms with E-state index >= 15 is 0 Å². The van der Waals surface area contributed by atoms with E-state index in [0.29, 0.717) is 5.69 Å². The van der Waals surface area contributed by atoms with Crippen molar-refractivity contribution in [3.8, 4) is 11.1 Å². The number of rotatable bonds is 6. The third kappa shape index (κ3) is 4.22. The third-order valence-corrected chi connectivity index (χ3v) is 4.01. The number of carbonyl (C=O) groups excluding carboxylic acids is 1. The highest BCUT2D eigenvalue weighted by Gasteiger charge is 2.23. The lowest BCUT2D eigenvalue weighted by molar-refractivity contribution is 0.101. The van der Waals surface area contributed by atoms with E-state index in [4.69, 9.17) is 0 Å². The molecule has 0 bridgehead atoms. The molecule has 0 radical (unpaired) electrons. The minimum absolute atomic E-state index is 0.154. The largest absolute Gasteiger partial charge is 0.399 e. The molecule has 0 aliphatic heterocycles. The van der Waals surface area contributed by atoms with Gasteiger partial charge >= 0.3 is 0 Å². The molecule has 1 N–H and O–H groups in total. The number of nitrogens with one attached hydrogen (secondary N) is 1. The lowest BCUT2D eigenvalue weighted by Gasteiger charge is -2.11. The van der Waals surface area contributed by atoms with Crippen molar-refractivity contribution in [1.29, 1.82) is 0 Å².